The zero-order valence-corrected chi connectivity index (χ0v) is 20.1. The molecule has 1 aromatic carbocycles. The molecule has 4 nitrogen and oxygen atoms in total. The Balaban J connectivity index is 1.33. The monoisotopic (exact) mass is 442 g/mol. The lowest BCUT2D eigenvalue weighted by Gasteiger charge is -2.54. The smallest absolute Gasteiger partial charge is 0.189 e. The van der Waals surface area contributed by atoms with Crippen molar-refractivity contribution in [2.24, 2.45) is 17.3 Å². The highest BCUT2D eigenvalue weighted by atomic mass is 16.7. The Kier molecular flexibility index (Phi) is 6.09. The second-order valence-corrected chi connectivity index (χ2v) is 11.5. The van der Waals surface area contributed by atoms with E-state index in [0.29, 0.717) is 37.6 Å². The summed E-state index contributed by atoms with van der Waals surface area (Å²) in [6.07, 6.45) is 12.2. The minimum Gasteiger partial charge on any atom is -0.468 e. The van der Waals surface area contributed by atoms with E-state index in [1.165, 1.54) is 24.0 Å². The second kappa shape index (κ2) is 8.60. The average Bonchev–Trinajstić information content (AvgIpc) is 3.04. The topological polar surface area (TPSA) is 58.9 Å². The molecule has 4 aliphatic rings. The summed E-state index contributed by atoms with van der Waals surface area (Å²) in [6.45, 7) is 5.31. The van der Waals surface area contributed by atoms with Crippen molar-refractivity contribution in [2.45, 2.75) is 108 Å². The maximum atomic E-state index is 12.0. The Morgan fingerprint density at radius 1 is 1.00 bits per heavy atom. The lowest BCUT2D eigenvalue weighted by atomic mass is 9.52. The Morgan fingerprint density at radius 3 is 2.59 bits per heavy atom. The van der Waals surface area contributed by atoms with Crippen molar-refractivity contribution >= 4 is 0 Å². The number of aliphatic hydroxyl groups is 2. The van der Waals surface area contributed by atoms with Crippen molar-refractivity contribution in [2.75, 3.05) is 13.4 Å². The number of benzene rings is 1. The van der Waals surface area contributed by atoms with Crippen LogP contribution < -0.4 is 4.74 Å². The number of hydrogen-bond donors (Lipinski definition) is 2. The molecule has 3 fully saturated rings. The first kappa shape index (κ1) is 22.7. The van der Waals surface area contributed by atoms with E-state index in [1.54, 1.807) is 0 Å². The molecule has 0 radical (unpaired) electrons. The molecule has 5 rings (SSSR count). The van der Waals surface area contributed by atoms with Gasteiger partial charge in [0.1, 0.15) is 5.75 Å². The maximum Gasteiger partial charge on any atom is 0.189 e. The van der Waals surface area contributed by atoms with Crippen LogP contribution in [-0.2, 0) is 11.2 Å². The van der Waals surface area contributed by atoms with Crippen molar-refractivity contribution in [1.82, 2.24) is 0 Å². The summed E-state index contributed by atoms with van der Waals surface area (Å²) in [6, 6.07) is 6.63. The molecule has 2 N–H and O–H groups in total. The number of aryl methyl sites for hydroxylation is 1. The molecule has 0 heterocycles. The van der Waals surface area contributed by atoms with Gasteiger partial charge in [-0.15, -0.1) is 0 Å². The molecule has 0 saturated heterocycles. The zero-order chi connectivity index (χ0) is 22.4. The lowest BCUT2D eigenvalue weighted by molar-refractivity contribution is -0.151. The van der Waals surface area contributed by atoms with Gasteiger partial charge in [0, 0.05) is 13.0 Å². The van der Waals surface area contributed by atoms with Gasteiger partial charge >= 0.3 is 0 Å². The Bertz CT molecular complexity index is 816. The first-order chi connectivity index (χ1) is 15.4. The van der Waals surface area contributed by atoms with Crippen molar-refractivity contribution in [3.63, 3.8) is 0 Å². The van der Waals surface area contributed by atoms with Crippen LogP contribution in [-0.4, -0.2) is 34.8 Å². The van der Waals surface area contributed by atoms with Gasteiger partial charge < -0.3 is 19.7 Å². The highest BCUT2D eigenvalue weighted by Gasteiger charge is 2.62. The van der Waals surface area contributed by atoms with Crippen molar-refractivity contribution < 1.29 is 19.7 Å². The standard InChI is InChI=1S/C28H42O4/c1-3-31-19-32-21-8-10-22-20(17-21)7-9-24-23(22)11-15-26(2)25(24)12-16-28(26,30)18-27(29)13-5-4-6-14-27/h8,10,17,23-25,29-30H,3-7,9,11-16,18-19H2,1-2H3/t23-,24-,25+,26+,28-/m1/s1. The highest BCUT2D eigenvalue weighted by Crippen LogP contribution is 2.66. The molecular formula is C28H42O4. The normalized spacial score (nSPS) is 37.9. The van der Waals surface area contributed by atoms with Crippen LogP contribution in [0.2, 0.25) is 0 Å². The largest absolute Gasteiger partial charge is 0.468 e. The van der Waals surface area contributed by atoms with Crippen molar-refractivity contribution in [1.29, 1.82) is 0 Å². The molecule has 0 bridgehead atoms. The zero-order valence-electron chi connectivity index (χ0n) is 20.1. The molecule has 3 saturated carbocycles. The summed E-state index contributed by atoms with van der Waals surface area (Å²) in [5, 5.41) is 23.3. The summed E-state index contributed by atoms with van der Waals surface area (Å²) >= 11 is 0. The highest BCUT2D eigenvalue weighted by molar-refractivity contribution is 5.41. The molecule has 0 amide bonds. The van der Waals surface area contributed by atoms with Gasteiger partial charge in [0.25, 0.3) is 0 Å². The van der Waals surface area contributed by atoms with E-state index in [1.807, 2.05) is 6.92 Å². The van der Waals surface area contributed by atoms with E-state index in [2.05, 4.69) is 25.1 Å². The summed E-state index contributed by atoms with van der Waals surface area (Å²) in [4.78, 5) is 0. The second-order valence-electron chi connectivity index (χ2n) is 11.5. The van der Waals surface area contributed by atoms with Crippen LogP contribution in [0.25, 0.3) is 0 Å². The van der Waals surface area contributed by atoms with E-state index >= 15 is 0 Å². The maximum absolute atomic E-state index is 12.0. The van der Waals surface area contributed by atoms with Crippen LogP contribution in [0.5, 0.6) is 5.75 Å². The van der Waals surface area contributed by atoms with Crippen LogP contribution in [0.15, 0.2) is 18.2 Å². The minimum atomic E-state index is -0.716. The van der Waals surface area contributed by atoms with Crippen LogP contribution in [0, 0.1) is 17.3 Å². The van der Waals surface area contributed by atoms with Crippen LogP contribution in [0.3, 0.4) is 0 Å². The van der Waals surface area contributed by atoms with Crippen LogP contribution in [0.4, 0.5) is 0 Å². The molecule has 0 aliphatic heterocycles. The molecule has 0 aromatic heterocycles. The fourth-order valence-corrected chi connectivity index (χ4v) is 8.17. The molecule has 4 aliphatic carbocycles. The van der Waals surface area contributed by atoms with E-state index in [9.17, 15) is 10.2 Å². The van der Waals surface area contributed by atoms with Crippen molar-refractivity contribution in [3.8, 4) is 5.75 Å². The number of rotatable bonds is 6. The molecule has 0 spiro atoms. The van der Waals surface area contributed by atoms with Gasteiger partial charge in [-0.1, -0.05) is 32.3 Å². The molecule has 0 unspecified atom stereocenters. The van der Waals surface area contributed by atoms with Crippen LogP contribution in [0.1, 0.15) is 102 Å². The first-order valence-electron chi connectivity index (χ1n) is 13.2. The fraction of sp³-hybridized carbons (Fsp3) is 0.786. The summed E-state index contributed by atoms with van der Waals surface area (Å²) in [7, 11) is 0. The number of hydrogen-bond acceptors (Lipinski definition) is 4. The predicted molar refractivity (Wildman–Crippen MR) is 126 cm³/mol. The first-order valence-corrected chi connectivity index (χ1v) is 13.2. The van der Waals surface area contributed by atoms with Crippen LogP contribution >= 0.6 is 0 Å². The Hall–Kier alpha value is -1.10. The SMILES string of the molecule is CCOCOc1ccc2c(c1)CC[C@@H]1[C@@H]2CC[C@@]2(C)[C@H]1CC[C@@]2(O)CC1(O)CCCCC1. The molecule has 32 heavy (non-hydrogen) atoms. The van der Waals surface area contributed by atoms with E-state index in [0.717, 1.165) is 63.5 Å². The third-order valence-corrected chi connectivity index (χ3v) is 9.94. The van der Waals surface area contributed by atoms with E-state index in [4.69, 9.17) is 9.47 Å². The lowest BCUT2D eigenvalue weighted by Crippen LogP contribution is -2.54. The molecule has 4 heteroatoms. The van der Waals surface area contributed by atoms with Crippen molar-refractivity contribution in [3.05, 3.63) is 29.3 Å². The fourth-order valence-electron chi connectivity index (χ4n) is 8.17. The van der Waals surface area contributed by atoms with Gasteiger partial charge in [0.05, 0.1) is 11.2 Å². The molecular weight excluding hydrogens is 400 g/mol. The molecule has 5 atom stereocenters. The quantitative estimate of drug-likeness (QED) is 0.436. The van der Waals surface area contributed by atoms with Gasteiger partial charge in [-0.3, -0.25) is 0 Å². The third kappa shape index (κ3) is 3.80. The Morgan fingerprint density at radius 2 is 1.81 bits per heavy atom. The summed E-state index contributed by atoms with van der Waals surface area (Å²) in [5.41, 5.74) is 1.51. The van der Waals surface area contributed by atoms with Gasteiger partial charge in [0.15, 0.2) is 6.79 Å². The predicted octanol–water partition coefficient (Wildman–Crippen LogP) is 5.73. The van der Waals surface area contributed by atoms with Gasteiger partial charge in [-0.2, -0.15) is 0 Å². The number of ether oxygens (including phenoxy) is 2. The van der Waals surface area contributed by atoms with E-state index < -0.39 is 11.2 Å². The average molecular weight is 443 g/mol. The Labute approximate surface area is 193 Å². The number of fused-ring (bicyclic) bond motifs is 5. The van der Waals surface area contributed by atoms with E-state index in [-0.39, 0.29) is 5.41 Å². The third-order valence-electron chi connectivity index (χ3n) is 9.94. The van der Waals surface area contributed by atoms with Gasteiger partial charge in [-0.05, 0) is 105 Å². The molecule has 178 valence electrons. The summed E-state index contributed by atoms with van der Waals surface area (Å²) in [5.74, 6) is 2.71. The minimum absolute atomic E-state index is 0.0700. The molecule has 1 aromatic rings. The van der Waals surface area contributed by atoms with Gasteiger partial charge in [-0.25, -0.2) is 0 Å². The summed E-state index contributed by atoms with van der Waals surface area (Å²) < 4.78 is 11.1. The van der Waals surface area contributed by atoms with Gasteiger partial charge in [0.2, 0.25) is 0 Å².